The van der Waals surface area contributed by atoms with Crippen molar-refractivity contribution in [3.05, 3.63) is 89.6 Å². The highest BCUT2D eigenvalue weighted by molar-refractivity contribution is 14.1. The predicted octanol–water partition coefficient (Wildman–Crippen LogP) is 5.25. The summed E-state index contributed by atoms with van der Waals surface area (Å²) in [6, 6.07) is 15.7. The Morgan fingerprint density at radius 3 is 2.33 bits per heavy atom. The van der Waals surface area contributed by atoms with E-state index in [1.165, 1.54) is 7.11 Å². The highest BCUT2D eigenvalue weighted by Crippen LogP contribution is 2.29. The Kier molecular flexibility index (Phi) is 8.67. The number of nitrogens with one attached hydrogen (secondary N) is 1. The summed E-state index contributed by atoms with van der Waals surface area (Å²) in [5.74, 6) is -0.102. The molecule has 0 saturated heterocycles. The lowest BCUT2D eigenvalue weighted by Crippen LogP contribution is -2.18. The molecule has 3 rings (SSSR count). The number of nitrogens with zero attached hydrogens (tertiary/aromatic N) is 1. The molecule has 0 unspecified atom stereocenters. The number of carbonyl (C=O) groups is 2. The van der Waals surface area contributed by atoms with Crippen molar-refractivity contribution in [2.45, 2.75) is 13.5 Å². The van der Waals surface area contributed by atoms with E-state index >= 15 is 0 Å². The molecule has 3 aromatic carbocycles. The molecule has 2 N–H and O–H groups in total. The van der Waals surface area contributed by atoms with E-state index in [2.05, 4.69) is 55.7 Å². The molecule has 0 aliphatic heterocycles. The Bertz CT molecular complexity index is 1190. The predicted molar refractivity (Wildman–Crippen MR) is 142 cm³/mol. The zero-order valence-electron chi connectivity index (χ0n) is 17.8. The van der Waals surface area contributed by atoms with Gasteiger partial charge in [-0.2, -0.15) is 5.10 Å². The van der Waals surface area contributed by atoms with Gasteiger partial charge >= 0.3 is 5.97 Å². The van der Waals surface area contributed by atoms with Crippen LogP contribution in [0.2, 0.25) is 0 Å². The van der Waals surface area contributed by atoms with Crippen LogP contribution in [0, 0.1) is 14.1 Å². The Labute approximate surface area is 218 Å². The van der Waals surface area contributed by atoms with Gasteiger partial charge in [-0.25, -0.2) is 10.2 Å². The van der Waals surface area contributed by atoms with Crippen LogP contribution < -0.4 is 14.9 Å². The van der Waals surface area contributed by atoms with Gasteiger partial charge in [0.1, 0.15) is 18.1 Å². The molecule has 0 radical (unpaired) electrons. The first-order chi connectivity index (χ1) is 15.8. The third-order valence-electron chi connectivity index (χ3n) is 4.59. The fourth-order valence-corrected chi connectivity index (χ4v) is 5.03. The maximum absolute atomic E-state index is 12.4. The van der Waals surface area contributed by atoms with E-state index in [9.17, 15) is 9.59 Å². The van der Waals surface area contributed by atoms with Crippen LogP contribution in [0.15, 0.2) is 59.7 Å². The Hall–Kier alpha value is -2.67. The topological polar surface area (TPSA) is 97.2 Å². The number of halogens is 2. The molecule has 33 heavy (non-hydrogen) atoms. The monoisotopic (exact) mass is 670 g/mol. The second-order valence-electron chi connectivity index (χ2n) is 7.01. The molecule has 0 bridgehead atoms. The highest BCUT2D eigenvalue weighted by atomic mass is 127. The minimum absolute atomic E-state index is 0.236. The molecular formula is C24H20I2N2O5. The molecular weight excluding hydrogens is 650 g/mol. The number of ether oxygens (including phenoxy) is 2. The summed E-state index contributed by atoms with van der Waals surface area (Å²) in [6.07, 6.45) is 1.57. The normalized spacial score (nSPS) is 10.8. The molecule has 0 aliphatic rings. The summed E-state index contributed by atoms with van der Waals surface area (Å²) in [5, 5.41) is 13.1. The molecule has 0 spiro atoms. The lowest BCUT2D eigenvalue weighted by Gasteiger charge is -2.12. The summed E-state index contributed by atoms with van der Waals surface area (Å²) in [7, 11) is 1.52. The van der Waals surface area contributed by atoms with Crippen LogP contribution in [-0.4, -0.2) is 30.3 Å². The van der Waals surface area contributed by atoms with E-state index < -0.39 is 5.97 Å². The van der Waals surface area contributed by atoms with Crippen molar-refractivity contribution < 1.29 is 24.2 Å². The lowest BCUT2D eigenvalue weighted by atomic mass is 10.1. The smallest absolute Gasteiger partial charge is 0.335 e. The minimum atomic E-state index is -0.960. The first kappa shape index (κ1) is 25.0. The Morgan fingerprint density at radius 2 is 1.73 bits per heavy atom. The molecule has 0 aliphatic carbocycles. The van der Waals surface area contributed by atoms with Crippen LogP contribution >= 0.6 is 45.2 Å². The van der Waals surface area contributed by atoms with Gasteiger partial charge in [0.15, 0.2) is 0 Å². The first-order valence-electron chi connectivity index (χ1n) is 9.70. The number of hydrogen-bond donors (Lipinski definition) is 2. The van der Waals surface area contributed by atoms with Crippen LogP contribution in [0.4, 0.5) is 0 Å². The molecule has 0 atom stereocenters. The number of benzene rings is 3. The van der Waals surface area contributed by atoms with E-state index in [0.29, 0.717) is 17.9 Å². The summed E-state index contributed by atoms with van der Waals surface area (Å²) in [5.41, 5.74) is 5.84. The molecule has 7 nitrogen and oxygen atoms in total. The van der Waals surface area contributed by atoms with Gasteiger partial charge in [0.05, 0.1) is 31.6 Å². The number of carboxylic acids is 1. The molecule has 0 aromatic heterocycles. The zero-order valence-corrected chi connectivity index (χ0v) is 22.1. The van der Waals surface area contributed by atoms with Gasteiger partial charge in [-0.1, -0.05) is 18.2 Å². The Balaban J connectivity index is 1.65. The fraction of sp³-hybridized carbons (Fsp3) is 0.125. The fourth-order valence-electron chi connectivity index (χ4n) is 2.90. The first-order valence-corrected chi connectivity index (χ1v) is 11.9. The number of hydrogen-bond acceptors (Lipinski definition) is 5. The van der Waals surface area contributed by atoms with Gasteiger partial charge in [0.25, 0.3) is 5.91 Å². The van der Waals surface area contributed by atoms with E-state index in [0.717, 1.165) is 29.6 Å². The number of carboxylic acid groups (broad SMARTS) is 1. The average Bonchev–Trinajstić information content (AvgIpc) is 2.78. The molecule has 170 valence electrons. The average molecular weight is 670 g/mol. The second-order valence-corrected chi connectivity index (χ2v) is 9.33. The molecule has 0 fully saturated rings. The van der Waals surface area contributed by atoms with Crippen molar-refractivity contribution in [2.24, 2.45) is 5.10 Å². The SMILES string of the molecule is COc1cc(C)ccc1C(=O)N/N=C\c1cc(I)c(OCc2ccc(C(=O)O)cc2)c(I)c1. The summed E-state index contributed by atoms with van der Waals surface area (Å²) >= 11 is 4.36. The zero-order chi connectivity index (χ0) is 24.0. The van der Waals surface area contributed by atoms with Gasteiger partial charge in [-0.15, -0.1) is 0 Å². The minimum Gasteiger partial charge on any atom is -0.496 e. The summed E-state index contributed by atoms with van der Waals surface area (Å²) in [6.45, 7) is 2.24. The summed E-state index contributed by atoms with van der Waals surface area (Å²) < 4.78 is 13.0. The number of amides is 1. The van der Waals surface area contributed by atoms with E-state index in [-0.39, 0.29) is 11.5 Å². The largest absolute Gasteiger partial charge is 0.496 e. The maximum atomic E-state index is 12.4. The molecule has 9 heteroatoms. The molecule has 0 heterocycles. The van der Waals surface area contributed by atoms with E-state index in [1.807, 2.05) is 25.1 Å². The van der Waals surface area contributed by atoms with E-state index in [4.69, 9.17) is 14.6 Å². The number of carbonyl (C=O) groups excluding carboxylic acids is 1. The third-order valence-corrected chi connectivity index (χ3v) is 6.19. The van der Waals surface area contributed by atoms with Crippen molar-refractivity contribution in [1.29, 1.82) is 0 Å². The van der Waals surface area contributed by atoms with Crippen LogP contribution in [0.1, 0.15) is 37.4 Å². The second kappa shape index (κ2) is 11.5. The van der Waals surface area contributed by atoms with Gasteiger partial charge in [-0.3, -0.25) is 4.79 Å². The van der Waals surface area contributed by atoms with Gasteiger partial charge in [0.2, 0.25) is 0 Å². The summed E-state index contributed by atoms with van der Waals surface area (Å²) in [4.78, 5) is 23.4. The third kappa shape index (κ3) is 6.67. The van der Waals surface area contributed by atoms with Crippen LogP contribution in [-0.2, 0) is 6.61 Å². The lowest BCUT2D eigenvalue weighted by molar-refractivity contribution is 0.0696. The van der Waals surface area contributed by atoms with Crippen molar-refractivity contribution >= 4 is 63.3 Å². The van der Waals surface area contributed by atoms with Crippen molar-refractivity contribution in [2.75, 3.05) is 7.11 Å². The molecule has 3 aromatic rings. The standard InChI is InChI=1S/C24H20I2N2O5/c1-14-3-8-18(21(9-14)32-2)23(29)28-27-12-16-10-19(25)22(20(26)11-16)33-13-15-4-6-17(7-5-15)24(30)31/h3-12H,13H2,1-2H3,(H,28,29)(H,30,31)/b27-12-. The van der Waals surface area contributed by atoms with Crippen molar-refractivity contribution in [1.82, 2.24) is 5.43 Å². The van der Waals surface area contributed by atoms with Crippen molar-refractivity contribution in [3.63, 3.8) is 0 Å². The van der Waals surface area contributed by atoms with Crippen LogP contribution in [0.5, 0.6) is 11.5 Å². The maximum Gasteiger partial charge on any atom is 0.335 e. The van der Waals surface area contributed by atoms with Crippen LogP contribution in [0.25, 0.3) is 0 Å². The number of methoxy groups -OCH3 is 1. The number of rotatable bonds is 8. The van der Waals surface area contributed by atoms with Crippen LogP contribution in [0.3, 0.4) is 0 Å². The quantitative estimate of drug-likeness (QED) is 0.194. The molecule has 0 saturated carbocycles. The van der Waals surface area contributed by atoms with Gasteiger partial charge < -0.3 is 14.6 Å². The van der Waals surface area contributed by atoms with Crippen molar-refractivity contribution in [3.8, 4) is 11.5 Å². The highest BCUT2D eigenvalue weighted by Gasteiger charge is 2.12. The van der Waals surface area contributed by atoms with Gasteiger partial charge in [0, 0.05) is 0 Å². The number of aryl methyl sites for hydroxylation is 1. The van der Waals surface area contributed by atoms with Gasteiger partial charge in [-0.05, 0) is 105 Å². The molecule has 1 amide bonds. The number of aromatic carboxylic acids is 1. The van der Waals surface area contributed by atoms with E-state index in [1.54, 1.807) is 42.6 Å². The number of hydrazone groups is 1. The Morgan fingerprint density at radius 1 is 1.06 bits per heavy atom.